The van der Waals surface area contributed by atoms with Crippen molar-refractivity contribution >= 4 is 5.97 Å². The normalized spacial score (nSPS) is 10.5. The SMILES string of the molecule is CCn1cncc1Cn1ccc(C(=O)O)cc1=O. The van der Waals surface area contributed by atoms with Crippen molar-refractivity contribution in [1.29, 1.82) is 0 Å². The molecular formula is C12H13N3O3. The van der Waals surface area contributed by atoms with Gasteiger partial charge in [-0.1, -0.05) is 0 Å². The zero-order valence-electron chi connectivity index (χ0n) is 9.91. The average molecular weight is 247 g/mol. The van der Waals surface area contributed by atoms with Gasteiger partial charge in [-0.05, 0) is 13.0 Å². The maximum absolute atomic E-state index is 11.7. The van der Waals surface area contributed by atoms with Gasteiger partial charge in [0.05, 0.1) is 24.1 Å². The van der Waals surface area contributed by atoms with Crippen LogP contribution in [0, 0.1) is 0 Å². The Labute approximate surface area is 103 Å². The number of carboxylic acids is 1. The summed E-state index contributed by atoms with van der Waals surface area (Å²) in [5.41, 5.74) is 0.571. The fourth-order valence-electron chi connectivity index (χ4n) is 1.71. The quantitative estimate of drug-likeness (QED) is 0.867. The number of nitrogens with zero attached hydrogens (tertiary/aromatic N) is 3. The zero-order valence-corrected chi connectivity index (χ0v) is 9.91. The van der Waals surface area contributed by atoms with Gasteiger partial charge in [0.1, 0.15) is 0 Å². The second kappa shape index (κ2) is 4.87. The summed E-state index contributed by atoms with van der Waals surface area (Å²) in [6.07, 6.45) is 4.88. The van der Waals surface area contributed by atoms with Crippen molar-refractivity contribution in [3.05, 3.63) is 52.5 Å². The summed E-state index contributed by atoms with van der Waals surface area (Å²) in [4.78, 5) is 26.5. The largest absolute Gasteiger partial charge is 0.478 e. The standard InChI is InChI=1S/C12H13N3O3/c1-2-14-8-13-6-10(14)7-15-4-3-9(12(17)18)5-11(15)16/h3-6,8H,2,7H2,1H3,(H,17,18). The number of aromatic carboxylic acids is 1. The number of rotatable bonds is 4. The van der Waals surface area contributed by atoms with Gasteiger partial charge in [-0.2, -0.15) is 0 Å². The number of imidazole rings is 1. The van der Waals surface area contributed by atoms with E-state index in [1.165, 1.54) is 16.8 Å². The van der Waals surface area contributed by atoms with Crippen LogP contribution in [0.3, 0.4) is 0 Å². The average Bonchev–Trinajstić information content (AvgIpc) is 2.78. The van der Waals surface area contributed by atoms with Gasteiger partial charge in [0.25, 0.3) is 5.56 Å². The molecule has 94 valence electrons. The molecule has 0 aliphatic rings. The third kappa shape index (κ3) is 2.32. The summed E-state index contributed by atoms with van der Waals surface area (Å²) in [5, 5.41) is 8.78. The molecule has 2 rings (SSSR count). The topological polar surface area (TPSA) is 77.1 Å². The van der Waals surface area contributed by atoms with E-state index < -0.39 is 5.97 Å². The number of hydrogen-bond donors (Lipinski definition) is 1. The molecule has 1 N–H and O–H groups in total. The highest BCUT2D eigenvalue weighted by Gasteiger charge is 2.07. The summed E-state index contributed by atoms with van der Waals surface area (Å²) >= 11 is 0. The van der Waals surface area contributed by atoms with Gasteiger partial charge in [0.2, 0.25) is 0 Å². The highest BCUT2D eigenvalue weighted by atomic mass is 16.4. The van der Waals surface area contributed by atoms with Gasteiger partial charge < -0.3 is 14.2 Å². The summed E-state index contributed by atoms with van der Waals surface area (Å²) in [6.45, 7) is 3.14. The lowest BCUT2D eigenvalue weighted by atomic mass is 10.2. The zero-order chi connectivity index (χ0) is 13.1. The van der Waals surface area contributed by atoms with Crippen molar-refractivity contribution in [2.75, 3.05) is 0 Å². The van der Waals surface area contributed by atoms with E-state index >= 15 is 0 Å². The van der Waals surface area contributed by atoms with Crippen LogP contribution in [0.15, 0.2) is 35.6 Å². The molecule has 0 aliphatic heterocycles. The molecule has 6 heteroatoms. The van der Waals surface area contributed by atoms with E-state index in [1.807, 2.05) is 11.5 Å². The molecule has 0 amide bonds. The number of carboxylic acid groups (broad SMARTS) is 1. The molecule has 0 atom stereocenters. The van der Waals surface area contributed by atoms with E-state index in [9.17, 15) is 9.59 Å². The minimum Gasteiger partial charge on any atom is -0.478 e. The van der Waals surface area contributed by atoms with Gasteiger partial charge in [-0.15, -0.1) is 0 Å². The third-order valence-corrected chi connectivity index (χ3v) is 2.71. The lowest BCUT2D eigenvalue weighted by Crippen LogP contribution is -2.22. The van der Waals surface area contributed by atoms with Gasteiger partial charge in [-0.3, -0.25) is 4.79 Å². The van der Waals surface area contributed by atoms with Crippen molar-refractivity contribution in [2.24, 2.45) is 0 Å². The first-order chi connectivity index (χ1) is 8.61. The Bertz CT molecular complexity index is 627. The molecular weight excluding hydrogens is 234 g/mol. The van der Waals surface area contributed by atoms with E-state index in [0.717, 1.165) is 18.3 Å². The number of hydrogen-bond acceptors (Lipinski definition) is 3. The van der Waals surface area contributed by atoms with E-state index in [1.54, 1.807) is 12.5 Å². The van der Waals surface area contributed by atoms with Crippen LogP contribution in [0.5, 0.6) is 0 Å². The Morgan fingerprint density at radius 1 is 1.44 bits per heavy atom. The molecule has 0 bridgehead atoms. The van der Waals surface area contributed by atoms with Crippen molar-refractivity contribution in [3.63, 3.8) is 0 Å². The van der Waals surface area contributed by atoms with E-state index in [4.69, 9.17) is 5.11 Å². The first kappa shape index (κ1) is 12.1. The molecule has 0 saturated heterocycles. The minimum absolute atomic E-state index is 0.000231. The fourth-order valence-corrected chi connectivity index (χ4v) is 1.71. The molecule has 0 spiro atoms. The summed E-state index contributed by atoms with van der Waals surface area (Å²) < 4.78 is 3.38. The van der Waals surface area contributed by atoms with Gasteiger partial charge in [-0.25, -0.2) is 9.78 Å². The first-order valence-electron chi connectivity index (χ1n) is 5.54. The molecule has 6 nitrogen and oxygen atoms in total. The molecule has 0 aliphatic carbocycles. The van der Waals surface area contributed by atoms with Gasteiger partial charge in [0.15, 0.2) is 0 Å². The van der Waals surface area contributed by atoms with Crippen molar-refractivity contribution in [2.45, 2.75) is 20.0 Å². The maximum Gasteiger partial charge on any atom is 0.335 e. The van der Waals surface area contributed by atoms with Crippen molar-refractivity contribution in [1.82, 2.24) is 14.1 Å². The fraction of sp³-hybridized carbons (Fsp3) is 0.250. The molecule has 0 radical (unpaired) electrons. The van der Waals surface area contributed by atoms with Crippen LogP contribution in [0.4, 0.5) is 0 Å². The lowest BCUT2D eigenvalue weighted by Gasteiger charge is -2.07. The molecule has 0 saturated carbocycles. The third-order valence-electron chi connectivity index (χ3n) is 2.71. The predicted octanol–water partition coefficient (Wildman–Crippen LogP) is 0.811. The Balaban J connectivity index is 2.30. The molecule has 2 aromatic heterocycles. The van der Waals surface area contributed by atoms with Gasteiger partial charge >= 0.3 is 5.97 Å². The Kier molecular flexibility index (Phi) is 3.27. The molecule has 0 unspecified atom stereocenters. The second-order valence-electron chi connectivity index (χ2n) is 3.86. The lowest BCUT2D eigenvalue weighted by molar-refractivity contribution is 0.0696. The van der Waals surface area contributed by atoms with Crippen LogP contribution in [-0.4, -0.2) is 25.2 Å². The smallest absolute Gasteiger partial charge is 0.335 e. The monoisotopic (exact) mass is 247 g/mol. The highest BCUT2D eigenvalue weighted by molar-refractivity contribution is 5.87. The molecule has 18 heavy (non-hydrogen) atoms. The Hall–Kier alpha value is -2.37. The van der Waals surface area contributed by atoms with E-state index in [0.29, 0.717) is 6.54 Å². The summed E-state index contributed by atoms with van der Waals surface area (Å²) in [5.74, 6) is -1.10. The predicted molar refractivity (Wildman–Crippen MR) is 64.7 cm³/mol. The Morgan fingerprint density at radius 2 is 2.22 bits per heavy atom. The summed E-state index contributed by atoms with van der Waals surface area (Å²) in [7, 11) is 0. The molecule has 0 fully saturated rings. The summed E-state index contributed by atoms with van der Waals surface area (Å²) in [6, 6.07) is 2.53. The minimum atomic E-state index is -1.10. The van der Waals surface area contributed by atoms with Crippen LogP contribution in [0.25, 0.3) is 0 Å². The Morgan fingerprint density at radius 3 is 2.83 bits per heavy atom. The molecule has 2 heterocycles. The van der Waals surface area contributed by atoms with Crippen LogP contribution in [-0.2, 0) is 13.1 Å². The highest BCUT2D eigenvalue weighted by Crippen LogP contribution is 2.02. The van der Waals surface area contributed by atoms with E-state index in [-0.39, 0.29) is 11.1 Å². The first-order valence-corrected chi connectivity index (χ1v) is 5.54. The molecule has 0 aromatic carbocycles. The number of aromatic nitrogens is 3. The van der Waals surface area contributed by atoms with Crippen LogP contribution in [0.1, 0.15) is 23.0 Å². The van der Waals surface area contributed by atoms with Crippen LogP contribution >= 0.6 is 0 Å². The van der Waals surface area contributed by atoms with Crippen molar-refractivity contribution < 1.29 is 9.90 Å². The number of aryl methyl sites for hydroxylation is 1. The van der Waals surface area contributed by atoms with Gasteiger partial charge in [0, 0.05) is 25.0 Å². The van der Waals surface area contributed by atoms with E-state index in [2.05, 4.69) is 4.98 Å². The van der Waals surface area contributed by atoms with Crippen LogP contribution in [0.2, 0.25) is 0 Å². The molecule has 2 aromatic rings. The maximum atomic E-state index is 11.7. The number of carbonyl (C=O) groups is 1. The second-order valence-corrected chi connectivity index (χ2v) is 3.86. The number of pyridine rings is 1. The van der Waals surface area contributed by atoms with Crippen molar-refractivity contribution in [3.8, 4) is 0 Å². The van der Waals surface area contributed by atoms with Crippen LogP contribution < -0.4 is 5.56 Å².